The summed E-state index contributed by atoms with van der Waals surface area (Å²) >= 11 is 0. The summed E-state index contributed by atoms with van der Waals surface area (Å²) in [6, 6.07) is 7.56. The molecule has 5 rings (SSSR count). The molecule has 1 N–H and O–H groups in total. The smallest absolute Gasteiger partial charge is 0.272 e. The number of carbonyl (C=O) groups excluding carboxylic acids is 1. The van der Waals surface area contributed by atoms with Gasteiger partial charge in [-0.1, -0.05) is 18.2 Å². The van der Waals surface area contributed by atoms with Gasteiger partial charge in [0.1, 0.15) is 4.90 Å². The molecule has 1 aromatic carbocycles. The maximum atomic E-state index is 13.1. The number of piperazine rings is 1. The molecule has 34 heavy (non-hydrogen) atoms. The molecular weight excluding hydrogens is 456 g/mol. The Hall–Kier alpha value is -3.34. The highest BCUT2D eigenvalue weighted by atomic mass is 32.2. The second kappa shape index (κ2) is 8.79. The number of sulfone groups is 1. The Kier molecular flexibility index (Phi) is 5.80. The van der Waals surface area contributed by atoms with Crippen LogP contribution in [0, 0.1) is 0 Å². The Balaban J connectivity index is 1.21. The minimum absolute atomic E-state index is 0.0940. The number of nitrogens with zero attached hydrogens (tertiary/aromatic N) is 5. The van der Waals surface area contributed by atoms with E-state index in [1.807, 2.05) is 28.0 Å². The molecule has 0 radical (unpaired) electrons. The topological polar surface area (TPSA) is 129 Å². The first-order valence-corrected chi connectivity index (χ1v) is 13.2. The van der Waals surface area contributed by atoms with E-state index in [0.29, 0.717) is 43.7 Å². The Labute approximate surface area is 196 Å². The Morgan fingerprint density at radius 1 is 1.09 bits per heavy atom. The molecule has 1 amide bonds. The van der Waals surface area contributed by atoms with Crippen LogP contribution < -0.4 is 10.5 Å². The predicted octanol–water partition coefficient (Wildman–Crippen LogP) is 1.32. The fourth-order valence-electron chi connectivity index (χ4n) is 5.04. The van der Waals surface area contributed by atoms with Crippen LogP contribution in [0.15, 0.2) is 46.3 Å². The van der Waals surface area contributed by atoms with Crippen LogP contribution in [0.4, 0.5) is 5.95 Å². The average Bonchev–Trinajstić information content (AvgIpc) is 3.09. The first-order valence-electron chi connectivity index (χ1n) is 11.4. The number of H-pyrrole nitrogens is 1. The second-order valence-electron chi connectivity index (χ2n) is 8.98. The SMILES string of the molecule is CS(=O)(=O)c1cnc(N2CC3CCC(C2)N3C(=O)CCCc2n[nH]c(=O)c3ccccc23)nc1. The fraction of sp³-hybridized carbons (Fsp3) is 0.435. The van der Waals surface area contributed by atoms with E-state index in [9.17, 15) is 18.0 Å². The number of rotatable bonds is 6. The van der Waals surface area contributed by atoms with Crippen LogP contribution in [0.5, 0.6) is 0 Å². The van der Waals surface area contributed by atoms with Crippen molar-refractivity contribution in [3.63, 3.8) is 0 Å². The Bertz CT molecular complexity index is 1370. The van der Waals surface area contributed by atoms with Gasteiger partial charge in [0.2, 0.25) is 11.9 Å². The lowest BCUT2D eigenvalue weighted by Crippen LogP contribution is -2.56. The minimum atomic E-state index is -3.34. The van der Waals surface area contributed by atoms with Crippen LogP contribution in [-0.4, -0.2) is 70.8 Å². The van der Waals surface area contributed by atoms with Crippen molar-refractivity contribution < 1.29 is 13.2 Å². The van der Waals surface area contributed by atoms with Crippen molar-refractivity contribution in [2.75, 3.05) is 24.2 Å². The van der Waals surface area contributed by atoms with Crippen LogP contribution in [0.1, 0.15) is 31.4 Å². The van der Waals surface area contributed by atoms with E-state index in [2.05, 4.69) is 20.2 Å². The van der Waals surface area contributed by atoms with Gasteiger partial charge < -0.3 is 9.80 Å². The predicted molar refractivity (Wildman–Crippen MR) is 126 cm³/mol. The molecule has 178 valence electrons. The number of carbonyl (C=O) groups is 1. The maximum Gasteiger partial charge on any atom is 0.272 e. The van der Waals surface area contributed by atoms with Crippen molar-refractivity contribution in [1.82, 2.24) is 25.1 Å². The lowest BCUT2D eigenvalue weighted by molar-refractivity contribution is -0.134. The Morgan fingerprint density at radius 2 is 1.74 bits per heavy atom. The molecule has 2 aromatic heterocycles. The van der Waals surface area contributed by atoms with E-state index in [-0.39, 0.29) is 28.4 Å². The number of anilines is 1. The summed E-state index contributed by atoms with van der Waals surface area (Å²) in [4.78, 5) is 37.7. The first kappa shape index (κ1) is 22.5. The molecule has 2 aliphatic heterocycles. The summed E-state index contributed by atoms with van der Waals surface area (Å²) in [5.74, 6) is 0.627. The van der Waals surface area contributed by atoms with Gasteiger partial charge >= 0.3 is 0 Å². The summed E-state index contributed by atoms with van der Waals surface area (Å²) in [5.41, 5.74) is 0.588. The highest BCUT2D eigenvalue weighted by Crippen LogP contribution is 2.32. The highest BCUT2D eigenvalue weighted by Gasteiger charge is 2.42. The third-order valence-corrected chi connectivity index (χ3v) is 7.74. The fourth-order valence-corrected chi connectivity index (χ4v) is 5.52. The van der Waals surface area contributed by atoms with E-state index in [1.165, 1.54) is 12.4 Å². The summed E-state index contributed by atoms with van der Waals surface area (Å²) in [6.07, 6.45) is 7.35. The number of nitrogens with one attached hydrogen (secondary N) is 1. The monoisotopic (exact) mass is 482 g/mol. The zero-order chi connectivity index (χ0) is 23.9. The molecule has 2 unspecified atom stereocenters. The van der Waals surface area contributed by atoms with Crippen LogP contribution >= 0.6 is 0 Å². The van der Waals surface area contributed by atoms with Gasteiger partial charge in [0.25, 0.3) is 5.56 Å². The molecule has 10 nitrogen and oxygen atoms in total. The normalized spacial score (nSPS) is 20.1. The molecule has 3 aromatic rings. The van der Waals surface area contributed by atoms with E-state index >= 15 is 0 Å². The zero-order valence-electron chi connectivity index (χ0n) is 18.8. The van der Waals surface area contributed by atoms with Gasteiger partial charge in [-0.3, -0.25) is 9.59 Å². The van der Waals surface area contributed by atoms with Gasteiger partial charge in [-0.05, 0) is 31.7 Å². The number of aromatic nitrogens is 4. The largest absolute Gasteiger partial charge is 0.337 e. The van der Waals surface area contributed by atoms with Gasteiger partial charge in [0.15, 0.2) is 9.84 Å². The van der Waals surface area contributed by atoms with Crippen molar-refractivity contribution >= 4 is 32.5 Å². The molecule has 2 bridgehead atoms. The van der Waals surface area contributed by atoms with Crippen LogP contribution in [0.3, 0.4) is 0 Å². The molecule has 4 heterocycles. The molecule has 0 saturated carbocycles. The number of benzene rings is 1. The summed E-state index contributed by atoms with van der Waals surface area (Å²) in [5, 5.41) is 8.19. The van der Waals surface area contributed by atoms with E-state index in [1.54, 1.807) is 6.07 Å². The number of hydrogen-bond acceptors (Lipinski definition) is 8. The van der Waals surface area contributed by atoms with E-state index < -0.39 is 9.84 Å². The number of aromatic amines is 1. The highest BCUT2D eigenvalue weighted by molar-refractivity contribution is 7.90. The van der Waals surface area contributed by atoms with E-state index in [4.69, 9.17) is 0 Å². The van der Waals surface area contributed by atoms with Crippen LogP contribution in [0.2, 0.25) is 0 Å². The Morgan fingerprint density at radius 3 is 2.38 bits per heavy atom. The van der Waals surface area contributed by atoms with Crippen molar-refractivity contribution in [2.45, 2.75) is 49.1 Å². The number of amides is 1. The van der Waals surface area contributed by atoms with Crippen LogP contribution in [-0.2, 0) is 21.1 Å². The van der Waals surface area contributed by atoms with Gasteiger partial charge in [-0.2, -0.15) is 5.10 Å². The van der Waals surface area contributed by atoms with Gasteiger partial charge in [-0.15, -0.1) is 0 Å². The average molecular weight is 483 g/mol. The van der Waals surface area contributed by atoms with Gasteiger partial charge in [0.05, 0.1) is 23.5 Å². The third-order valence-electron chi connectivity index (χ3n) is 6.67. The maximum absolute atomic E-state index is 13.1. The molecular formula is C23H26N6O4S. The quantitative estimate of drug-likeness (QED) is 0.557. The van der Waals surface area contributed by atoms with Gasteiger partial charge in [0, 0.05) is 43.2 Å². The summed E-state index contributed by atoms with van der Waals surface area (Å²) < 4.78 is 23.3. The standard InChI is InChI=1S/C23H26N6O4S/c1-34(32,33)17-11-24-23(25-12-17)28-13-15-9-10-16(14-28)29(15)21(30)8-4-7-20-18-5-2-3-6-19(18)22(31)27-26-20/h2-3,5-6,11-12,15-16H,4,7-10,13-14H2,1H3,(H,27,31). The first-order chi connectivity index (χ1) is 16.3. The third kappa shape index (κ3) is 4.27. The van der Waals surface area contributed by atoms with Crippen molar-refractivity contribution in [2.24, 2.45) is 0 Å². The number of fused-ring (bicyclic) bond motifs is 3. The van der Waals surface area contributed by atoms with Crippen LogP contribution in [0.25, 0.3) is 10.8 Å². The van der Waals surface area contributed by atoms with Gasteiger partial charge in [-0.25, -0.2) is 23.5 Å². The zero-order valence-corrected chi connectivity index (χ0v) is 19.7. The summed E-state index contributed by atoms with van der Waals surface area (Å²) in [7, 11) is -3.34. The molecule has 0 aliphatic carbocycles. The molecule has 2 atom stereocenters. The molecule has 11 heteroatoms. The molecule has 0 spiro atoms. The molecule has 2 fully saturated rings. The summed E-state index contributed by atoms with van der Waals surface area (Å²) in [6.45, 7) is 1.26. The lowest BCUT2D eigenvalue weighted by Gasteiger charge is -2.41. The second-order valence-corrected chi connectivity index (χ2v) is 11.0. The number of hydrogen-bond donors (Lipinski definition) is 1. The van der Waals surface area contributed by atoms with Crippen molar-refractivity contribution in [3.05, 3.63) is 52.7 Å². The van der Waals surface area contributed by atoms with E-state index in [0.717, 1.165) is 30.2 Å². The molecule has 2 aliphatic rings. The van der Waals surface area contributed by atoms with Crippen molar-refractivity contribution in [1.29, 1.82) is 0 Å². The van der Waals surface area contributed by atoms with Crippen molar-refractivity contribution in [3.8, 4) is 0 Å². The molecule has 2 saturated heterocycles. The lowest BCUT2D eigenvalue weighted by atomic mass is 10.1. The minimum Gasteiger partial charge on any atom is -0.337 e. The number of aryl methyl sites for hydroxylation is 1.